The van der Waals surface area contributed by atoms with E-state index in [2.05, 4.69) is 0 Å². The van der Waals surface area contributed by atoms with Crippen molar-refractivity contribution in [2.24, 2.45) is 23.7 Å². The van der Waals surface area contributed by atoms with Crippen LogP contribution in [0.3, 0.4) is 0 Å². The number of esters is 1. The van der Waals surface area contributed by atoms with E-state index in [1.165, 1.54) is 26.2 Å². The second kappa shape index (κ2) is 22.2. The minimum absolute atomic E-state index is 0.0550. The monoisotopic (exact) mass is 907 g/mol. The molecule has 0 aromatic rings. The number of nitrogens with zero attached hydrogens (tertiary/aromatic N) is 2. The van der Waals surface area contributed by atoms with Crippen molar-refractivity contribution in [3.8, 4) is 0 Å². The lowest BCUT2D eigenvalue weighted by molar-refractivity contribution is -0.302. The molecule has 4 fully saturated rings. The summed E-state index contributed by atoms with van der Waals surface area (Å²) in [6.07, 6.45) is -3.27. The second-order valence-corrected chi connectivity index (χ2v) is 22.7. The molecule has 1 amide bonds. The first-order valence-electron chi connectivity index (χ1n) is 22.8. The molecule has 4 saturated heterocycles. The molecule has 4 rings (SSSR count). The van der Waals surface area contributed by atoms with Gasteiger partial charge in [-0.05, 0) is 99.0 Å². The number of aliphatic hydroxyl groups is 5. The van der Waals surface area contributed by atoms with Gasteiger partial charge in [0.25, 0.3) is 0 Å². The molecule has 0 aromatic heterocycles. The molecule has 14 nitrogen and oxygen atoms in total. The fourth-order valence-electron chi connectivity index (χ4n) is 10.7. The third kappa shape index (κ3) is 12.6. The number of rotatable bonds is 11. The Morgan fingerprint density at radius 1 is 1.00 bits per heavy atom. The Kier molecular flexibility index (Phi) is 19.2. The Morgan fingerprint density at radius 2 is 1.67 bits per heavy atom. The number of hydrogen-bond donors (Lipinski definition) is 5. The van der Waals surface area contributed by atoms with Crippen LogP contribution in [0.4, 0.5) is 0 Å². The van der Waals surface area contributed by atoms with Gasteiger partial charge in [-0.3, -0.25) is 9.59 Å². The minimum atomic E-state index is -1.81. The molecule has 4 aliphatic rings. The molecular formula is C45H82N2O12S2. The topological polar surface area (TPSA) is 188 Å². The van der Waals surface area contributed by atoms with Crippen LogP contribution in [0.15, 0.2) is 0 Å². The van der Waals surface area contributed by atoms with E-state index < -0.39 is 108 Å². The van der Waals surface area contributed by atoms with Crippen LogP contribution >= 0.6 is 21.6 Å². The van der Waals surface area contributed by atoms with Gasteiger partial charge in [0.1, 0.15) is 30.0 Å². The summed E-state index contributed by atoms with van der Waals surface area (Å²) in [7, 11) is 8.95. The number of hydrogen-bond acceptors (Lipinski definition) is 15. The van der Waals surface area contributed by atoms with Crippen molar-refractivity contribution in [1.82, 2.24) is 9.80 Å². The Balaban J connectivity index is 1.74. The minimum Gasteiger partial charge on any atom is -0.459 e. The van der Waals surface area contributed by atoms with Crippen LogP contribution in [0.2, 0.25) is 0 Å². The third-order valence-corrected chi connectivity index (χ3v) is 17.7. The molecule has 61 heavy (non-hydrogen) atoms. The molecule has 0 aromatic carbocycles. The van der Waals surface area contributed by atoms with Gasteiger partial charge in [0.2, 0.25) is 5.91 Å². The highest BCUT2D eigenvalue weighted by atomic mass is 33.1. The van der Waals surface area contributed by atoms with Crippen molar-refractivity contribution < 1.29 is 58.8 Å². The lowest BCUT2D eigenvalue weighted by atomic mass is 9.68. The van der Waals surface area contributed by atoms with Crippen LogP contribution in [0.25, 0.3) is 0 Å². The summed E-state index contributed by atoms with van der Waals surface area (Å²) in [4.78, 5) is 31.7. The maximum atomic E-state index is 14.5. The van der Waals surface area contributed by atoms with Crippen molar-refractivity contribution in [3.63, 3.8) is 0 Å². The number of ether oxygens (including phenoxy) is 5. The number of carbonyl (C=O) groups excluding carboxylic acids is 2. The Hall–Kier alpha value is -0.760. The van der Waals surface area contributed by atoms with Gasteiger partial charge in [-0.2, -0.15) is 0 Å². The highest BCUT2D eigenvalue weighted by Gasteiger charge is 2.55. The Morgan fingerprint density at radius 3 is 2.28 bits per heavy atom. The first kappa shape index (κ1) is 52.9. The summed E-state index contributed by atoms with van der Waals surface area (Å²) in [6.45, 7) is 18.3. The number of methoxy groups -OCH3 is 1. The summed E-state index contributed by atoms with van der Waals surface area (Å²) in [5.74, 6) is -2.03. The average molecular weight is 907 g/mol. The quantitative estimate of drug-likeness (QED) is 0.108. The SMILES string of the molecule is CC[C@H]1OC(=O)[C@H](C)C([C@H]2C[C@@](C)(OC)[C@@H](O)[C@H](C)O2)[C@H](C)[C@@H](O[C@@H]2O[C@H](C)C[C@H](N(C)C(=O)CCCC[C@H]3CCSS3)[C@H]2O)[C@](C)(O)C[C@@H](C)CN(C)[C@H](C)[C@@H](O)[C@]1(C)O. The molecule has 5 N–H and O–H groups in total. The van der Waals surface area contributed by atoms with Gasteiger partial charge in [-0.15, -0.1) is 0 Å². The van der Waals surface area contributed by atoms with E-state index in [1.54, 1.807) is 46.6 Å². The van der Waals surface area contributed by atoms with Gasteiger partial charge in [0.15, 0.2) is 6.29 Å². The standard InChI is InChI=1S/C45H82N2O12S2/c1-14-34-45(10,54)38(50)29(6)46(11)24-25(2)22-43(8,53)40(27(4)36(28(5)41(52)58-34)33-23-44(9,55-13)39(51)30(7)57-33)59-42-37(49)32(21-26(3)56-42)47(12)35(48)18-16-15-17-31-19-20-60-61-31/h25-34,36-40,42,49-51,53-54H,14-24H2,1-13H3/t25-,26-,27+,28-,29-,30+,31+,32+,33-,34-,36?,37-,38-,39+,40-,42+,43-,44-,45-/m1/s1. The van der Waals surface area contributed by atoms with E-state index in [4.69, 9.17) is 23.7 Å². The largest absolute Gasteiger partial charge is 0.459 e. The Labute approximate surface area is 374 Å². The van der Waals surface area contributed by atoms with Crippen LogP contribution in [0.1, 0.15) is 127 Å². The fourth-order valence-corrected chi connectivity index (χ4v) is 13.8. The van der Waals surface area contributed by atoms with Crippen molar-refractivity contribution in [2.45, 2.75) is 216 Å². The Bertz CT molecular complexity index is 1410. The maximum absolute atomic E-state index is 14.5. The summed E-state index contributed by atoms with van der Waals surface area (Å²) in [5, 5.41) is 60.2. The van der Waals surface area contributed by atoms with E-state index >= 15 is 0 Å². The van der Waals surface area contributed by atoms with Gasteiger partial charge in [0.05, 0.1) is 47.6 Å². The molecule has 4 heterocycles. The molecular weight excluding hydrogens is 825 g/mol. The normalized spacial score (nSPS) is 46.4. The molecule has 0 bridgehead atoms. The van der Waals surface area contributed by atoms with Crippen LogP contribution in [-0.4, -0.2) is 170 Å². The smallest absolute Gasteiger partial charge is 0.309 e. The zero-order valence-corrected chi connectivity index (χ0v) is 41.0. The zero-order chi connectivity index (χ0) is 45.8. The molecule has 0 aliphatic carbocycles. The van der Waals surface area contributed by atoms with Crippen molar-refractivity contribution in [3.05, 3.63) is 0 Å². The maximum Gasteiger partial charge on any atom is 0.309 e. The van der Waals surface area contributed by atoms with E-state index in [9.17, 15) is 35.1 Å². The molecule has 19 atom stereocenters. The summed E-state index contributed by atoms with van der Waals surface area (Å²) in [6, 6.07) is -1.16. The van der Waals surface area contributed by atoms with Crippen LogP contribution < -0.4 is 0 Å². The van der Waals surface area contributed by atoms with Crippen molar-refractivity contribution in [1.29, 1.82) is 0 Å². The molecule has 356 valence electrons. The molecule has 1 unspecified atom stereocenters. The molecule has 16 heteroatoms. The number of amides is 1. The lowest BCUT2D eigenvalue weighted by Crippen LogP contribution is -2.62. The fraction of sp³-hybridized carbons (Fsp3) is 0.956. The predicted molar refractivity (Wildman–Crippen MR) is 239 cm³/mol. The second-order valence-electron chi connectivity index (χ2n) is 19.9. The van der Waals surface area contributed by atoms with Gasteiger partial charge >= 0.3 is 5.97 Å². The van der Waals surface area contributed by atoms with Crippen LogP contribution in [0, 0.1) is 23.7 Å². The number of likely N-dealkylation sites (N-methyl/N-ethyl adjacent to an activating group) is 2. The number of carbonyl (C=O) groups is 2. The van der Waals surface area contributed by atoms with Crippen molar-refractivity contribution >= 4 is 33.5 Å². The predicted octanol–water partition coefficient (Wildman–Crippen LogP) is 4.79. The summed E-state index contributed by atoms with van der Waals surface area (Å²) < 4.78 is 31.9. The number of cyclic esters (lactones) is 1. The van der Waals surface area contributed by atoms with Gasteiger partial charge < -0.3 is 59.0 Å². The first-order valence-corrected chi connectivity index (χ1v) is 25.2. The van der Waals surface area contributed by atoms with Gasteiger partial charge in [-0.1, -0.05) is 55.7 Å². The lowest BCUT2D eigenvalue weighted by Gasteiger charge is -2.51. The van der Waals surface area contributed by atoms with E-state index in [-0.39, 0.29) is 31.1 Å². The number of unbranched alkanes of at least 4 members (excludes halogenated alkanes) is 1. The zero-order valence-electron chi connectivity index (χ0n) is 39.3. The molecule has 0 saturated carbocycles. The summed E-state index contributed by atoms with van der Waals surface area (Å²) >= 11 is 0. The van der Waals surface area contributed by atoms with E-state index in [0.717, 1.165) is 19.3 Å². The van der Waals surface area contributed by atoms with Gasteiger partial charge in [0, 0.05) is 56.5 Å². The van der Waals surface area contributed by atoms with Crippen LogP contribution in [0.5, 0.6) is 0 Å². The van der Waals surface area contributed by atoms with Crippen molar-refractivity contribution in [2.75, 3.05) is 33.5 Å². The van der Waals surface area contributed by atoms with E-state index in [0.29, 0.717) is 24.6 Å². The number of aliphatic hydroxyl groups excluding tert-OH is 3. The van der Waals surface area contributed by atoms with Crippen LogP contribution in [-0.2, 0) is 33.3 Å². The molecule has 0 spiro atoms. The highest BCUT2D eigenvalue weighted by Crippen LogP contribution is 2.45. The summed E-state index contributed by atoms with van der Waals surface area (Å²) in [5.41, 5.74) is -4.45. The average Bonchev–Trinajstić information content (AvgIpc) is 3.72. The van der Waals surface area contributed by atoms with E-state index in [1.807, 2.05) is 61.2 Å². The highest BCUT2D eigenvalue weighted by molar-refractivity contribution is 8.77. The first-order chi connectivity index (χ1) is 28.4. The molecule has 4 aliphatic heterocycles. The molecule has 0 radical (unpaired) electrons. The third-order valence-electron chi connectivity index (χ3n) is 14.7. The van der Waals surface area contributed by atoms with Gasteiger partial charge in [-0.25, -0.2) is 0 Å².